The SMILES string of the molecule is O=C(OCC(=O)N(Cc1ccccc1)c1ccccc1)c1ccccc1O. The van der Waals surface area contributed by atoms with E-state index in [4.69, 9.17) is 4.74 Å². The Kier molecular flexibility index (Phi) is 5.84. The number of carbonyl (C=O) groups is 2. The van der Waals surface area contributed by atoms with Crippen LogP contribution in [0.3, 0.4) is 0 Å². The van der Waals surface area contributed by atoms with E-state index in [1.807, 2.05) is 60.7 Å². The fourth-order valence-electron chi connectivity index (χ4n) is 2.63. The summed E-state index contributed by atoms with van der Waals surface area (Å²) in [6, 6.07) is 24.8. The number of ether oxygens (including phenoxy) is 1. The normalized spacial score (nSPS) is 10.2. The summed E-state index contributed by atoms with van der Waals surface area (Å²) in [7, 11) is 0. The molecule has 3 aromatic carbocycles. The first-order valence-electron chi connectivity index (χ1n) is 8.49. The fourth-order valence-corrected chi connectivity index (χ4v) is 2.63. The monoisotopic (exact) mass is 361 g/mol. The Morgan fingerprint density at radius 3 is 2.07 bits per heavy atom. The number of carbonyl (C=O) groups excluding carboxylic acids is 2. The molecule has 0 fully saturated rings. The van der Waals surface area contributed by atoms with Crippen LogP contribution < -0.4 is 4.90 Å². The maximum Gasteiger partial charge on any atom is 0.342 e. The summed E-state index contributed by atoms with van der Waals surface area (Å²) in [5.74, 6) is -1.28. The molecule has 0 saturated carbocycles. The molecule has 3 rings (SSSR count). The molecule has 0 aliphatic carbocycles. The molecule has 5 heteroatoms. The molecule has 5 nitrogen and oxygen atoms in total. The third-order valence-electron chi connectivity index (χ3n) is 4.00. The van der Waals surface area contributed by atoms with Crippen molar-refractivity contribution in [1.29, 1.82) is 0 Å². The molecule has 0 unspecified atom stereocenters. The number of aromatic hydroxyl groups is 1. The van der Waals surface area contributed by atoms with Crippen molar-refractivity contribution < 1.29 is 19.4 Å². The highest BCUT2D eigenvalue weighted by Gasteiger charge is 2.19. The summed E-state index contributed by atoms with van der Waals surface area (Å²) < 4.78 is 5.12. The van der Waals surface area contributed by atoms with Gasteiger partial charge in [0.05, 0.1) is 6.54 Å². The molecular formula is C22H19NO4. The molecule has 136 valence electrons. The quantitative estimate of drug-likeness (QED) is 0.679. The zero-order valence-electron chi connectivity index (χ0n) is 14.6. The van der Waals surface area contributed by atoms with Gasteiger partial charge in [0.15, 0.2) is 6.61 Å². The summed E-state index contributed by atoms with van der Waals surface area (Å²) in [4.78, 5) is 26.5. The van der Waals surface area contributed by atoms with E-state index in [2.05, 4.69) is 0 Å². The summed E-state index contributed by atoms with van der Waals surface area (Å²) in [5, 5.41) is 9.73. The molecule has 3 aromatic rings. The number of esters is 1. The molecule has 0 aromatic heterocycles. The maximum absolute atomic E-state index is 12.8. The predicted octanol–water partition coefficient (Wildman–Crippen LogP) is 3.78. The van der Waals surface area contributed by atoms with Gasteiger partial charge in [-0.05, 0) is 29.8 Å². The second kappa shape index (κ2) is 8.67. The van der Waals surface area contributed by atoms with Gasteiger partial charge in [-0.1, -0.05) is 60.7 Å². The van der Waals surface area contributed by atoms with Gasteiger partial charge < -0.3 is 14.7 Å². The Hall–Kier alpha value is -3.60. The third-order valence-corrected chi connectivity index (χ3v) is 4.00. The number of nitrogens with zero attached hydrogens (tertiary/aromatic N) is 1. The smallest absolute Gasteiger partial charge is 0.342 e. The molecule has 0 saturated heterocycles. The van der Waals surface area contributed by atoms with Gasteiger partial charge >= 0.3 is 5.97 Å². The zero-order valence-corrected chi connectivity index (χ0v) is 14.6. The number of phenols is 1. The van der Waals surface area contributed by atoms with Gasteiger partial charge in [-0.15, -0.1) is 0 Å². The molecule has 0 aliphatic rings. The number of hydrogen-bond donors (Lipinski definition) is 1. The first-order chi connectivity index (χ1) is 13.1. The van der Waals surface area contributed by atoms with E-state index in [-0.39, 0.29) is 17.2 Å². The van der Waals surface area contributed by atoms with Gasteiger partial charge in [0.25, 0.3) is 5.91 Å². The number of amides is 1. The van der Waals surface area contributed by atoms with Crippen molar-refractivity contribution in [3.8, 4) is 5.75 Å². The van der Waals surface area contributed by atoms with Crippen molar-refractivity contribution in [1.82, 2.24) is 0 Å². The van der Waals surface area contributed by atoms with Crippen LogP contribution in [0.25, 0.3) is 0 Å². The number of phenolic OH excluding ortho intramolecular Hbond substituents is 1. The molecule has 0 bridgehead atoms. The summed E-state index contributed by atoms with van der Waals surface area (Å²) >= 11 is 0. The standard InChI is InChI=1S/C22H19NO4/c24-20-14-8-7-13-19(20)22(26)27-16-21(25)23(18-11-5-2-6-12-18)15-17-9-3-1-4-10-17/h1-14,24H,15-16H2. The van der Waals surface area contributed by atoms with Gasteiger partial charge in [-0.3, -0.25) is 4.79 Å². The van der Waals surface area contributed by atoms with Gasteiger partial charge in [0.1, 0.15) is 11.3 Å². The zero-order chi connectivity index (χ0) is 19.1. The van der Waals surface area contributed by atoms with E-state index in [1.54, 1.807) is 17.0 Å². The van der Waals surface area contributed by atoms with Crippen molar-refractivity contribution in [2.75, 3.05) is 11.5 Å². The molecule has 0 atom stereocenters. The van der Waals surface area contributed by atoms with Crippen LogP contribution in [-0.4, -0.2) is 23.6 Å². The molecular weight excluding hydrogens is 342 g/mol. The molecule has 0 aliphatic heterocycles. The minimum atomic E-state index is -0.742. The highest BCUT2D eigenvalue weighted by atomic mass is 16.5. The first kappa shape index (κ1) is 18.2. The minimum Gasteiger partial charge on any atom is -0.507 e. The van der Waals surface area contributed by atoms with E-state index < -0.39 is 12.6 Å². The molecule has 0 radical (unpaired) electrons. The second-order valence-electron chi connectivity index (χ2n) is 5.89. The van der Waals surface area contributed by atoms with Crippen LogP contribution in [0.2, 0.25) is 0 Å². The van der Waals surface area contributed by atoms with E-state index >= 15 is 0 Å². The van der Waals surface area contributed by atoms with Gasteiger partial charge in [-0.25, -0.2) is 4.79 Å². The van der Waals surface area contributed by atoms with E-state index in [0.29, 0.717) is 12.2 Å². The molecule has 0 heterocycles. The lowest BCUT2D eigenvalue weighted by Crippen LogP contribution is -2.34. The molecule has 0 spiro atoms. The second-order valence-corrected chi connectivity index (χ2v) is 5.89. The fraction of sp³-hybridized carbons (Fsp3) is 0.0909. The number of hydrogen-bond acceptors (Lipinski definition) is 4. The Balaban J connectivity index is 1.73. The average molecular weight is 361 g/mol. The predicted molar refractivity (Wildman–Crippen MR) is 102 cm³/mol. The summed E-state index contributed by atoms with van der Waals surface area (Å²) in [6.07, 6.45) is 0. The van der Waals surface area contributed by atoms with E-state index in [9.17, 15) is 14.7 Å². The minimum absolute atomic E-state index is 0.0274. The Labute approximate surface area is 157 Å². The number of rotatable bonds is 6. The third kappa shape index (κ3) is 4.73. The summed E-state index contributed by atoms with van der Waals surface area (Å²) in [6.45, 7) is -0.0628. The lowest BCUT2D eigenvalue weighted by molar-refractivity contribution is -0.121. The van der Waals surface area contributed by atoms with Crippen LogP contribution in [0.15, 0.2) is 84.9 Å². The lowest BCUT2D eigenvalue weighted by atomic mass is 10.2. The van der Waals surface area contributed by atoms with Crippen molar-refractivity contribution in [3.63, 3.8) is 0 Å². The molecule has 27 heavy (non-hydrogen) atoms. The number of para-hydroxylation sites is 2. The highest BCUT2D eigenvalue weighted by Crippen LogP contribution is 2.19. The maximum atomic E-state index is 12.8. The van der Waals surface area contributed by atoms with Crippen molar-refractivity contribution >= 4 is 17.6 Å². The first-order valence-corrected chi connectivity index (χ1v) is 8.49. The van der Waals surface area contributed by atoms with Crippen LogP contribution in [0.5, 0.6) is 5.75 Å². The van der Waals surface area contributed by atoms with E-state index in [0.717, 1.165) is 5.56 Å². The van der Waals surface area contributed by atoms with Crippen molar-refractivity contribution in [3.05, 3.63) is 96.1 Å². The van der Waals surface area contributed by atoms with Crippen LogP contribution >= 0.6 is 0 Å². The highest BCUT2D eigenvalue weighted by molar-refractivity contribution is 5.97. The van der Waals surface area contributed by atoms with Crippen LogP contribution in [0.1, 0.15) is 15.9 Å². The molecule has 1 N–H and O–H groups in total. The lowest BCUT2D eigenvalue weighted by Gasteiger charge is -2.23. The van der Waals surface area contributed by atoms with Crippen molar-refractivity contribution in [2.45, 2.75) is 6.54 Å². The number of benzene rings is 3. The Bertz CT molecular complexity index is 910. The van der Waals surface area contributed by atoms with Gasteiger partial charge in [0.2, 0.25) is 0 Å². The van der Waals surface area contributed by atoms with Gasteiger partial charge in [0, 0.05) is 5.69 Å². The van der Waals surface area contributed by atoms with Crippen LogP contribution in [0.4, 0.5) is 5.69 Å². The Morgan fingerprint density at radius 2 is 1.41 bits per heavy atom. The van der Waals surface area contributed by atoms with Crippen LogP contribution in [-0.2, 0) is 16.1 Å². The average Bonchev–Trinajstić information content (AvgIpc) is 2.72. The summed E-state index contributed by atoms with van der Waals surface area (Å²) in [5.41, 5.74) is 1.70. The topological polar surface area (TPSA) is 66.8 Å². The van der Waals surface area contributed by atoms with E-state index in [1.165, 1.54) is 12.1 Å². The molecule has 1 amide bonds. The van der Waals surface area contributed by atoms with Gasteiger partial charge in [-0.2, -0.15) is 0 Å². The van der Waals surface area contributed by atoms with Crippen molar-refractivity contribution in [2.24, 2.45) is 0 Å². The largest absolute Gasteiger partial charge is 0.507 e. The Morgan fingerprint density at radius 1 is 0.815 bits per heavy atom. The van der Waals surface area contributed by atoms with Crippen LogP contribution in [0, 0.1) is 0 Å². The number of anilines is 1.